The van der Waals surface area contributed by atoms with E-state index >= 15 is 0 Å². The molecule has 0 saturated heterocycles. The molecule has 2 heteroatoms. The van der Waals surface area contributed by atoms with Gasteiger partial charge in [0.15, 0.2) is 0 Å². The second kappa shape index (κ2) is 6.57. The van der Waals surface area contributed by atoms with E-state index in [-0.39, 0.29) is 11.9 Å². The largest absolute Gasteiger partial charge is 0.393 e. The summed E-state index contributed by atoms with van der Waals surface area (Å²) in [6.07, 6.45) is 4.39. The maximum absolute atomic E-state index is 12.8. The summed E-state index contributed by atoms with van der Waals surface area (Å²) in [5.74, 6) is -0.228. The highest BCUT2D eigenvalue weighted by molar-refractivity contribution is 5.16. The minimum atomic E-state index is -0.335. The van der Waals surface area contributed by atoms with Crippen molar-refractivity contribution in [2.75, 3.05) is 0 Å². The lowest BCUT2D eigenvalue weighted by Gasteiger charge is -2.10. The van der Waals surface area contributed by atoms with Gasteiger partial charge in [0.05, 0.1) is 6.10 Å². The second-order valence-corrected chi connectivity index (χ2v) is 3.98. The molecule has 0 aliphatic rings. The topological polar surface area (TPSA) is 20.2 Å². The van der Waals surface area contributed by atoms with E-state index in [4.69, 9.17) is 0 Å². The average Bonchev–Trinajstić information content (AvgIpc) is 2.18. The van der Waals surface area contributed by atoms with Gasteiger partial charge in [0.2, 0.25) is 0 Å². The van der Waals surface area contributed by atoms with Crippen LogP contribution in [0.4, 0.5) is 4.39 Å². The Morgan fingerprint density at radius 3 is 2.80 bits per heavy atom. The standard InChI is InChI=1S/C13H19FO/c1-2-3-4-8-13(15)10-11-6-5-7-12(14)9-11/h5-7,9,13,15H,2-4,8,10H2,1H3. The van der Waals surface area contributed by atoms with Gasteiger partial charge >= 0.3 is 0 Å². The number of unbranched alkanes of at least 4 members (excludes halogenated alkanes) is 2. The van der Waals surface area contributed by atoms with Crippen molar-refractivity contribution in [2.24, 2.45) is 0 Å². The number of hydrogen-bond acceptors (Lipinski definition) is 1. The molecule has 0 aromatic heterocycles. The molecule has 1 aromatic rings. The molecule has 0 saturated carbocycles. The van der Waals surface area contributed by atoms with E-state index in [9.17, 15) is 9.50 Å². The molecule has 0 spiro atoms. The number of halogens is 1. The Morgan fingerprint density at radius 1 is 1.33 bits per heavy atom. The van der Waals surface area contributed by atoms with E-state index in [1.165, 1.54) is 12.1 Å². The van der Waals surface area contributed by atoms with Crippen molar-refractivity contribution >= 4 is 0 Å². The lowest BCUT2D eigenvalue weighted by molar-refractivity contribution is 0.161. The monoisotopic (exact) mass is 210 g/mol. The molecule has 1 unspecified atom stereocenters. The molecule has 1 aromatic carbocycles. The van der Waals surface area contributed by atoms with Gasteiger partial charge in [0.1, 0.15) is 5.82 Å². The summed E-state index contributed by atoms with van der Waals surface area (Å²) in [6.45, 7) is 2.14. The van der Waals surface area contributed by atoms with Gasteiger partial charge in [-0.3, -0.25) is 0 Å². The average molecular weight is 210 g/mol. The first-order valence-corrected chi connectivity index (χ1v) is 5.65. The third-order valence-corrected chi connectivity index (χ3v) is 2.50. The number of aliphatic hydroxyl groups excluding tert-OH is 1. The Hall–Kier alpha value is -0.890. The summed E-state index contributed by atoms with van der Waals surface area (Å²) in [5, 5.41) is 9.70. The highest BCUT2D eigenvalue weighted by Crippen LogP contribution is 2.11. The fourth-order valence-electron chi connectivity index (χ4n) is 1.67. The highest BCUT2D eigenvalue weighted by atomic mass is 19.1. The van der Waals surface area contributed by atoms with Crippen LogP contribution in [-0.2, 0) is 6.42 Å². The van der Waals surface area contributed by atoms with Crippen LogP contribution in [0.3, 0.4) is 0 Å². The SMILES string of the molecule is CCCCCC(O)Cc1cccc(F)c1. The van der Waals surface area contributed by atoms with Gasteiger partial charge in [0.25, 0.3) is 0 Å². The first kappa shape index (κ1) is 12.2. The van der Waals surface area contributed by atoms with Crippen LogP contribution >= 0.6 is 0 Å². The number of rotatable bonds is 6. The predicted molar refractivity (Wildman–Crippen MR) is 60.3 cm³/mol. The number of aliphatic hydroxyl groups is 1. The molecule has 1 nitrogen and oxygen atoms in total. The van der Waals surface area contributed by atoms with Gasteiger partial charge in [-0.15, -0.1) is 0 Å². The zero-order valence-corrected chi connectivity index (χ0v) is 9.25. The normalized spacial score (nSPS) is 12.7. The van der Waals surface area contributed by atoms with E-state index < -0.39 is 0 Å². The third-order valence-electron chi connectivity index (χ3n) is 2.50. The van der Waals surface area contributed by atoms with Gasteiger partial charge in [-0.1, -0.05) is 38.3 Å². The summed E-state index contributed by atoms with van der Waals surface area (Å²) in [5.41, 5.74) is 0.874. The lowest BCUT2D eigenvalue weighted by Crippen LogP contribution is -2.10. The Bertz CT molecular complexity index is 286. The van der Waals surface area contributed by atoms with E-state index in [1.807, 2.05) is 6.07 Å². The lowest BCUT2D eigenvalue weighted by atomic mass is 10.0. The van der Waals surface area contributed by atoms with Crippen LogP contribution in [0.5, 0.6) is 0 Å². The van der Waals surface area contributed by atoms with Crippen LogP contribution in [0.2, 0.25) is 0 Å². The Labute approximate surface area is 90.9 Å². The molecule has 0 amide bonds. The van der Waals surface area contributed by atoms with Crippen LogP contribution in [0.15, 0.2) is 24.3 Å². The molecule has 0 bridgehead atoms. The first-order chi connectivity index (χ1) is 7.22. The molecule has 0 fully saturated rings. The van der Waals surface area contributed by atoms with Crippen LogP contribution in [0, 0.1) is 5.82 Å². The molecule has 0 aliphatic heterocycles. The van der Waals surface area contributed by atoms with Gasteiger partial charge in [-0.05, 0) is 30.5 Å². The number of hydrogen-bond donors (Lipinski definition) is 1. The Balaban J connectivity index is 2.34. The smallest absolute Gasteiger partial charge is 0.123 e. The Morgan fingerprint density at radius 2 is 2.13 bits per heavy atom. The summed E-state index contributed by atoms with van der Waals surface area (Å²) < 4.78 is 12.8. The molecular formula is C13H19FO. The zero-order valence-electron chi connectivity index (χ0n) is 9.25. The molecule has 0 heterocycles. The van der Waals surface area contributed by atoms with Crippen molar-refractivity contribution in [1.29, 1.82) is 0 Å². The van der Waals surface area contributed by atoms with Crippen molar-refractivity contribution in [2.45, 2.75) is 45.1 Å². The van der Waals surface area contributed by atoms with Crippen molar-refractivity contribution in [3.8, 4) is 0 Å². The second-order valence-electron chi connectivity index (χ2n) is 3.98. The van der Waals surface area contributed by atoms with Gasteiger partial charge in [-0.2, -0.15) is 0 Å². The maximum Gasteiger partial charge on any atom is 0.123 e. The summed E-state index contributed by atoms with van der Waals surface area (Å²) >= 11 is 0. The third kappa shape index (κ3) is 4.93. The van der Waals surface area contributed by atoms with Crippen LogP contribution in [0.25, 0.3) is 0 Å². The fourth-order valence-corrected chi connectivity index (χ4v) is 1.67. The molecule has 0 aliphatic carbocycles. The molecule has 15 heavy (non-hydrogen) atoms. The van der Waals surface area contributed by atoms with Crippen LogP contribution in [-0.4, -0.2) is 11.2 Å². The van der Waals surface area contributed by atoms with Gasteiger partial charge < -0.3 is 5.11 Å². The molecule has 84 valence electrons. The highest BCUT2D eigenvalue weighted by Gasteiger charge is 2.05. The molecule has 1 atom stereocenters. The van der Waals surface area contributed by atoms with Crippen molar-refractivity contribution in [3.05, 3.63) is 35.6 Å². The molecule has 1 N–H and O–H groups in total. The van der Waals surface area contributed by atoms with Gasteiger partial charge in [0, 0.05) is 0 Å². The van der Waals surface area contributed by atoms with Crippen molar-refractivity contribution in [1.82, 2.24) is 0 Å². The van der Waals surface area contributed by atoms with Crippen LogP contribution in [0.1, 0.15) is 38.2 Å². The van der Waals surface area contributed by atoms with E-state index in [0.29, 0.717) is 6.42 Å². The zero-order chi connectivity index (χ0) is 11.1. The summed E-state index contributed by atoms with van der Waals surface area (Å²) in [7, 11) is 0. The fraction of sp³-hybridized carbons (Fsp3) is 0.538. The quantitative estimate of drug-likeness (QED) is 0.714. The summed E-state index contributed by atoms with van der Waals surface area (Å²) in [4.78, 5) is 0. The van der Waals surface area contributed by atoms with Crippen molar-refractivity contribution < 1.29 is 9.50 Å². The number of benzene rings is 1. The van der Waals surface area contributed by atoms with E-state index in [1.54, 1.807) is 6.07 Å². The Kier molecular flexibility index (Phi) is 5.33. The van der Waals surface area contributed by atoms with E-state index in [2.05, 4.69) is 6.92 Å². The molecular weight excluding hydrogens is 191 g/mol. The van der Waals surface area contributed by atoms with E-state index in [0.717, 1.165) is 31.2 Å². The maximum atomic E-state index is 12.8. The summed E-state index contributed by atoms with van der Waals surface area (Å²) in [6, 6.07) is 6.45. The minimum absolute atomic E-state index is 0.228. The van der Waals surface area contributed by atoms with Crippen LogP contribution < -0.4 is 0 Å². The molecule has 1 rings (SSSR count). The predicted octanol–water partition coefficient (Wildman–Crippen LogP) is 3.31. The van der Waals surface area contributed by atoms with Crippen molar-refractivity contribution in [3.63, 3.8) is 0 Å². The minimum Gasteiger partial charge on any atom is -0.393 e. The first-order valence-electron chi connectivity index (χ1n) is 5.65. The molecule has 0 radical (unpaired) electrons. The van der Waals surface area contributed by atoms with Gasteiger partial charge in [-0.25, -0.2) is 4.39 Å².